The lowest BCUT2D eigenvalue weighted by molar-refractivity contribution is 0.309. The van der Waals surface area contributed by atoms with Crippen LogP contribution in [-0.2, 0) is 6.54 Å². The molecule has 0 fully saturated rings. The molecule has 0 saturated heterocycles. The number of benzene rings is 1. The fourth-order valence-electron chi connectivity index (χ4n) is 2.53. The number of hydrogen-bond acceptors (Lipinski definition) is 2. The van der Waals surface area contributed by atoms with Crippen LogP contribution in [0.2, 0.25) is 0 Å². The lowest BCUT2D eigenvalue weighted by atomic mass is 9.85. The Morgan fingerprint density at radius 2 is 1.71 bits per heavy atom. The SMILES string of the molecule is Cc1cccc(CNC(CC(C)(C)C)c2ccccc2)n1. The molecule has 21 heavy (non-hydrogen) atoms. The number of pyridine rings is 1. The second-order valence-electron chi connectivity index (χ2n) is 6.88. The normalized spacial score (nSPS) is 13.1. The van der Waals surface area contributed by atoms with Crippen LogP contribution in [0.25, 0.3) is 0 Å². The van der Waals surface area contributed by atoms with Crippen LogP contribution in [0.15, 0.2) is 48.5 Å². The molecule has 0 aliphatic heterocycles. The number of hydrogen-bond donors (Lipinski definition) is 1. The first kappa shape index (κ1) is 15.7. The van der Waals surface area contributed by atoms with Crippen LogP contribution in [0.4, 0.5) is 0 Å². The Morgan fingerprint density at radius 3 is 2.33 bits per heavy atom. The van der Waals surface area contributed by atoms with Gasteiger partial charge in [-0.05, 0) is 36.5 Å². The third kappa shape index (κ3) is 5.31. The first-order valence-electron chi connectivity index (χ1n) is 7.65. The van der Waals surface area contributed by atoms with Crippen LogP contribution in [0.3, 0.4) is 0 Å². The quantitative estimate of drug-likeness (QED) is 0.863. The van der Waals surface area contributed by atoms with Gasteiger partial charge in [0.15, 0.2) is 0 Å². The van der Waals surface area contributed by atoms with Gasteiger partial charge in [0.05, 0.1) is 5.69 Å². The summed E-state index contributed by atoms with van der Waals surface area (Å²) in [5.74, 6) is 0. The molecule has 0 radical (unpaired) electrons. The predicted octanol–water partition coefficient (Wildman–Crippen LogP) is 4.66. The minimum atomic E-state index is 0.285. The van der Waals surface area contributed by atoms with E-state index in [1.54, 1.807) is 0 Å². The summed E-state index contributed by atoms with van der Waals surface area (Å²) >= 11 is 0. The number of aromatic nitrogens is 1. The number of nitrogens with one attached hydrogen (secondary N) is 1. The summed E-state index contributed by atoms with van der Waals surface area (Å²) in [6.45, 7) is 9.70. The van der Waals surface area contributed by atoms with E-state index in [4.69, 9.17) is 0 Å². The van der Waals surface area contributed by atoms with Gasteiger partial charge in [-0.15, -0.1) is 0 Å². The van der Waals surface area contributed by atoms with Crippen molar-refractivity contribution in [2.45, 2.75) is 46.7 Å². The third-order valence-corrected chi connectivity index (χ3v) is 3.49. The average Bonchev–Trinajstić information content (AvgIpc) is 2.43. The molecule has 0 aliphatic rings. The molecular weight excluding hydrogens is 256 g/mol. The second kappa shape index (κ2) is 6.86. The molecular formula is C19H26N2. The molecule has 112 valence electrons. The Bertz CT molecular complexity index is 555. The Balaban J connectivity index is 2.09. The van der Waals surface area contributed by atoms with Crippen molar-refractivity contribution < 1.29 is 0 Å². The summed E-state index contributed by atoms with van der Waals surface area (Å²) < 4.78 is 0. The van der Waals surface area contributed by atoms with Crippen molar-refractivity contribution >= 4 is 0 Å². The molecule has 2 heteroatoms. The van der Waals surface area contributed by atoms with E-state index in [1.807, 2.05) is 13.0 Å². The summed E-state index contributed by atoms with van der Waals surface area (Å²) in [5.41, 5.74) is 3.80. The van der Waals surface area contributed by atoms with Gasteiger partial charge in [-0.25, -0.2) is 0 Å². The Morgan fingerprint density at radius 1 is 1.00 bits per heavy atom. The summed E-state index contributed by atoms with van der Waals surface area (Å²) in [6, 6.07) is 17.2. The molecule has 1 unspecified atom stereocenters. The first-order chi connectivity index (χ1) is 9.94. The van der Waals surface area contributed by atoms with Crippen molar-refractivity contribution in [2.75, 3.05) is 0 Å². The zero-order valence-electron chi connectivity index (χ0n) is 13.6. The van der Waals surface area contributed by atoms with Crippen molar-refractivity contribution in [3.8, 4) is 0 Å². The maximum Gasteiger partial charge on any atom is 0.0545 e. The highest BCUT2D eigenvalue weighted by Gasteiger charge is 2.19. The van der Waals surface area contributed by atoms with Gasteiger partial charge in [0.2, 0.25) is 0 Å². The molecule has 0 amide bonds. The highest BCUT2D eigenvalue weighted by atomic mass is 14.9. The topological polar surface area (TPSA) is 24.9 Å². The molecule has 1 atom stereocenters. The van der Waals surface area contributed by atoms with E-state index < -0.39 is 0 Å². The average molecular weight is 282 g/mol. The zero-order chi connectivity index (χ0) is 15.3. The largest absolute Gasteiger partial charge is 0.304 e. The van der Waals surface area contributed by atoms with Crippen molar-refractivity contribution in [1.29, 1.82) is 0 Å². The van der Waals surface area contributed by atoms with Gasteiger partial charge in [-0.3, -0.25) is 4.98 Å². The van der Waals surface area contributed by atoms with Gasteiger partial charge in [-0.1, -0.05) is 57.2 Å². The Hall–Kier alpha value is -1.67. The van der Waals surface area contributed by atoms with Gasteiger partial charge in [-0.2, -0.15) is 0 Å². The van der Waals surface area contributed by atoms with Crippen LogP contribution in [-0.4, -0.2) is 4.98 Å². The van der Waals surface area contributed by atoms with Crippen molar-refractivity contribution in [3.63, 3.8) is 0 Å². The van der Waals surface area contributed by atoms with Gasteiger partial charge in [0.25, 0.3) is 0 Å². The van der Waals surface area contributed by atoms with E-state index in [-0.39, 0.29) is 5.41 Å². The smallest absolute Gasteiger partial charge is 0.0545 e. The molecule has 1 heterocycles. The summed E-state index contributed by atoms with van der Waals surface area (Å²) in [6.07, 6.45) is 1.10. The van der Waals surface area contributed by atoms with Crippen LogP contribution in [0.1, 0.15) is 50.2 Å². The summed E-state index contributed by atoms with van der Waals surface area (Å²) in [4.78, 5) is 4.57. The molecule has 2 aromatic rings. The number of aryl methyl sites for hydroxylation is 1. The lowest BCUT2D eigenvalue weighted by Crippen LogP contribution is -2.26. The van der Waals surface area contributed by atoms with Crippen LogP contribution >= 0.6 is 0 Å². The minimum Gasteiger partial charge on any atom is -0.304 e. The molecule has 0 spiro atoms. The van der Waals surface area contributed by atoms with Crippen LogP contribution < -0.4 is 5.32 Å². The lowest BCUT2D eigenvalue weighted by Gasteiger charge is -2.27. The van der Waals surface area contributed by atoms with Gasteiger partial charge in [0, 0.05) is 18.3 Å². The van der Waals surface area contributed by atoms with E-state index >= 15 is 0 Å². The molecule has 0 saturated carbocycles. The maximum atomic E-state index is 4.57. The molecule has 1 aromatic carbocycles. The van der Waals surface area contributed by atoms with Gasteiger partial charge in [0.1, 0.15) is 0 Å². The van der Waals surface area contributed by atoms with Crippen molar-refractivity contribution in [2.24, 2.45) is 5.41 Å². The highest BCUT2D eigenvalue weighted by molar-refractivity contribution is 5.19. The van der Waals surface area contributed by atoms with Gasteiger partial charge < -0.3 is 5.32 Å². The van der Waals surface area contributed by atoms with E-state index in [0.717, 1.165) is 24.4 Å². The fraction of sp³-hybridized carbons (Fsp3) is 0.421. The molecule has 2 nitrogen and oxygen atoms in total. The zero-order valence-corrected chi connectivity index (χ0v) is 13.6. The predicted molar refractivity (Wildman–Crippen MR) is 89.1 cm³/mol. The van der Waals surface area contributed by atoms with E-state index in [0.29, 0.717) is 6.04 Å². The number of rotatable bonds is 5. The monoisotopic (exact) mass is 282 g/mol. The van der Waals surface area contributed by atoms with Crippen LogP contribution in [0, 0.1) is 12.3 Å². The van der Waals surface area contributed by atoms with Crippen molar-refractivity contribution in [1.82, 2.24) is 10.3 Å². The second-order valence-corrected chi connectivity index (χ2v) is 6.88. The Labute approximate surface area is 128 Å². The highest BCUT2D eigenvalue weighted by Crippen LogP contribution is 2.29. The molecule has 1 N–H and O–H groups in total. The van der Waals surface area contributed by atoms with Gasteiger partial charge >= 0.3 is 0 Å². The maximum absolute atomic E-state index is 4.57. The summed E-state index contributed by atoms with van der Waals surface area (Å²) in [7, 11) is 0. The Kier molecular flexibility index (Phi) is 5.13. The van der Waals surface area contributed by atoms with E-state index in [2.05, 4.69) is 73.5 Å². The van der Waals surface area contributed by atoms with Crippen LogP contribution in [0.5, 0.6) is 0 Å². The molecule has 0 aliphatic carbocycles. The molecule has 0 bridgehead atoms. The van der Waals surface area contributed by atoms with Crippen molar-refractivity contribution in [3.05, 3.63) is 65.5 Å². The minimum absolute atomic E-state index is 0.285. The van der Waals surface area contributed by atoms with E-state index in [1.165, 1.54) is 5.56 Å². The standard InChI is InChI=1S/C19H26N2/c1-15-9-8-12-17(21-15)14-20-18(13-19(2,3)4)16-10-6-5-7-11-16/h5-12,18,20H,13-14H2,1-4H3. The number of nitrogens with zero attached hydrogens (tertiary/aromatic N) is 1. The first-order valence-corrected chi connectivity index (χ1v) is 7.65. The fourth-order valence-corrected chi connectivity index (χ4v) is 2.53. The summed E-state index contributed by atoms with van der Waals surface area (Å²) in [5, 5.41) is 3.67. The van der Waals surface area contributed by atoms with E-state index in [9.17, 15) is 0 Å². The third-order valence-electron chi connectivity index (χ3n) is 3.49. The molecule has 1 aromatic heterocycles. The molecule has 2 rings (SSSR count).